The van der Waals surface area contributed by atoms with E-state index in [1.54, 1.807) is 12.1 Å². The number of nitrogens with one attached hydrogen (secondary N) is 1. The fourth-order valence-electron chi connectivity index (χ4n) is 4.01. The second-order valence-electron chi connectivity index (χ2n) is 7.31. The normalized spacial score (nSPS) is 21.2. The molecule has 1 aromatic carbocycles. The van der Waals surface area contributed by atoms with Gasteiger partial charge in [0.05, 0.1) is 6.54 Å². The van der Waals surface area contributed by atoms with E-state index in [9.17, 15) is 9.18 Å². The van der Waals surface area contributed by atoms with Crippen molar-refractivity contribution < 1.29 is 9.18 Å². The van der Waals surface area contributed by atoms with Gasteiger partial charge in [0.15, 0.2) is 0 Å². The Hall–Kier alpha value is -1.68. The van der Waals surface area contributed by atoms with Crippen molar-refractivity contribution in [2.45, 2.75) is 57.4 Å². The molecule has 0 radical (unpaired) electrons. The SMILES string of the molecule is O=C(CN1CCCC1Cc1cccc(F)c1)NCCC1=CCCCC1. The Morgan fingerprint density at radius 2 is 2.20 bits per heavy atom. The number of rotatable bonds is 7. The van der Waals surface area contributed by atoms with Crippen LogP contribution in [0.5, 0.6) is 0 Å². The molecule has 0 saturated carbocycles. The lowest BCUT2D eigenvalue weighted by atomic mass is 9.97. The van der Waals surface area contributed by atoms with Crippen molar-refractivity contribution in [3.8, 4) is 0 Å². The van der Waals surface area contributed by atoms with Crippen LogP contribution in [0.3, 0.4) is 0 Å². The van der Waals surface area contributed by atoms with Crippen molar-refractivity contribution in [2.24, 2.45) is 0 Å². The predicted octanol–water partition coefficient (Wildman–Crippen LogP) is 3.84. The van der Waals surface area contributed by atoms with Gasteiger partial charge in [-0.1, -0.05) is 23.8 Å². The maximum atomic E-state index is 13.4. The molecule has 1 N–H and O–H groups in total. The van der Waals surface area contributed by atoms with Gasteiger partial charge >= 0.3 is 0 Å². The van der Waals surface area contributed by atoms with Gasteiger partial charge in [-0.3, -0.25) is 9.69 Å². The van der Waals surface area contributed by atoms with Crippen molar-refractivity contribution >= 4 is 5.91 Å². The van der Waals surface area contributed by atoms with Gasteiger partial charge in [0, 0.05) is 12.6 Å². The summed E-state index contributed by atoms with van der Waals surface area (Å²) in [6, 6.07) is 7.15. The van der Waals surface area contributed by atoms with E-state index < -0.39 is 0 Å². The van der Waals surface area contributed by atoms with Gasteiger partial charge in [-0.25, -0.2) is 4.39 Å². The Morgan fingerprint density at radius 3 is 3.00 bits per heavy atom. The second kappa shape index (κ2) is 9.14. The van der Waals surface area contributed by atoms with Crippen LogP contribution >= 0.6 is 0 Å². The molecule has 1 fully saturated rings. The standard InChI is InChI=1S/C21H29FN2O/c22-19-9-4-8-18(14-19)15-20-10-5-13-24(20)16-21(25)23-12-11-17-6-2-1-3-7-17/h4,6,8-9,14,20H,1-3,5,7,10-13,15-16H2,(H,23,25). The van der Waals surface area contributed by atoms with E-state index >= 15 is 0 Å². The molecule has 2 aliphatic rings. The minimum Gasteiger partial charge on any atom is -0.355 e. The van der Waals surface area contributed by atoms with Crippen LogP contribution in [-0.4, -0.2) is 36.5 Å². The first-order valence-corrected chi connectivity index (χ1v) is 9.64. The molecule has 3 nitrogen and oxygen atoms in total. The zero-order valence-electron chi connectivity index (χ0n) is 15.0. The summed E-state index contributed by atoms with van der Waals surface area (Å²) in [5.74, 6) is -0.0700. The Labute approximate surface area is 150 Å². The monoisotopic (exact) mass is 344 g/mol. The Balaban J connectivity index is 1.42. The molecule has 0 spiro atoms. The number of allylic oxidation sites excluding steroid dienone is 1. The molecular formula is C21H29FN2O. The zero-order chi connectivity index (χ0) is 17.5. The summed E-state index contributed by atoms with van der Waals surface area (Å²) in [4.78, 5) is 14.5. The highest BCUT2D eigenvalue weighted by Crippen LogP contribution is 2.21. The number of hydrogen-bond donors (Lipinski definition) is 1. The van der Waals surface area contributed by atoms with Crippen molar-refractivity contribution in [1.82, 2.24) is 10.2 Å². The smallest absolute Gasteiger partial charge is 0.234 e. The van der Waals surface area contributed by atoms with E-state index in [0.717, 1.165) is 44.3 Å². The largest absolute Gasteiger partial charge is 0.355 e. The van der Waals surface area contributed by atoms with Crippen molar-refractivity contribution in [2.75, 3.05) is 19.6 Å². The number of amides is 1. The summed E-state index contributed by atoms with van der Waals surface area (Å²) in [5, 5.41) is 3.07. The highest BCUT2D eigenvalue weighted by Gasteiger charge is 2.26. The van der Waals surface area contributed by atoms with E-state index in [1.807, 2.05) is 6.07 Å². The molecule has 3 rings (SSSR count). The molecule has 136 valence electrons. The van der Waals surface area contributed by atoms with Crippen molar-refractivity contribution in [3.05, 3.63) is 47.3 Å². The number of benzene rings is 1. The molecule has 1 aliphatic carbocycles. The Morgan fingerprint density at radius 1 is 1.28 bits per heavy atom. The Bertz CT molecular complexity index is 614. The maximum Gasteiger partial charge on any atom is 0.234 e. The third-order valence-corrected chi connectivity index (χ3v) is 5.36. The van der Waals surface area contributed by atoms with Gasteiger partial charge in [0.2, 0.25) is 5.91 Å². The lowest BCUT2D eigenvalue weighted by Gasteiger charge is -2.24. The molecule has 1 amide bonds. The summed E-state index contributed by atoms with van der Waals surface area (Å²) in [7, 11) is 0. The first-order chi connectivity index (χ1) is 12.2. The fraction of sp³-hybridized carbons (Fsp3) is 0.571. The number of hydrogen-bond acceptors (Lipinski definition) is 2. The number of nitrogens with zero attached hydrogens (tertiary/aromatic N) is 1. The van der Waals surface area contributed by atoms with Crippen LogP contribution in [-0.2, 0) is 11.2 Å². The molecule has 0 bridgehead atoms. The van der Waals surface area contributed by atoms with Crippen LogP contribution in [0.2, 0.25) is 0 Å². The summed E-state index contributed by atoms with van der Waals surface area (Å²) in [5.41, 5.74) is 2.51. The van der Waals surface area contributed by atoms with Crippen LogP contribution in [0.15, 0.2) is 35.9 Å². The predicted molar refractivity (Wildman–Crippen MR) is 98.9 cm³/mol. The van der Waals surface area contributed by atoms with Crippen LogP contribution in [0.25, 0.3) is 0 Å². The lowest BCUT2D eigenvalue weighted by Crippen LogP contribution is -2.40. The maximum absolute atomic E-state index is 13.4. The van der Waals surface area contributed by atoms with Crippen molar-refractivity contribution in [1.29, 1.82) is 0 Å². The topological polar surface area (TPSA) is 32.3 Å². The Kier molecular flexibility index (Phi) is 6.62. The lowest BCUT2D eigenvalue weighted by molar-refractivity contribution is -0.122. The average Bonchev–Trinajstić information content (AvgIpc) is 3.02. The van der Waals surface area contributed by atoms with Gasteiger partial charge in [-0.15, -0.1) is 0 Å². The van der Waals surface area contributed by atoms with E-state index in [0.29, 0.717) is 12.6 Å². The molecule has 0 aromatic heterocycles. The summed E-state index contributed by atoms with van der Waals surface area (Å²) in [6.07, 6.45) is 11.3. The van der Waals surface area contributed by atoms with Gasteiger partial charge in [-0.2, -0.15) is 0 Å². The van der Waals surface area contributed by atoms with Gasteiger partial charge < -0.3 is 5.32 Å². The number of halogens is 1. The molecular weight excluding hydrogens is 315 g/mol. The summed E-state index contributed by atoms with van der Waals surface area (Å²) >= 11 is 0. The number of carbonyl (C=O) groups excluding carboxylic acids is 1. The molecule has 1 atom stereocenters. The molecule has 25 heavy (non-hydrogen) atoms. The van der Waals surface area contributed by atoms with E-state index in [4.69, 9.17) is 0 Å². The highest BCUT2D eigenvalue weighted by atomic mass is 19.1. The first-order valence-electron chi connectivity index (χ1n) is 9.64. The third kappa shape index (κ3) is 5.67. The minimum absolute atomic E-state index is 0.113. The molecule has 1 aromatic rings. The van der Waals surface area contributed by atoms with E-state index in [1.165, 1.54) is 37.3 Å². The highest BCUT2D eigenvalue weighted by molar-refractivity contribution is 5.78. The quantitative estimate of drug-likeness (QED) is 0.762. The molecule has 4 heteroatoms. The molecule has 1 heterocycles. The molecule has 1 saturated heterocycles. The number of carbonyl (C=O) groups is 1. The first kappa shape index (κ1) is 18.1. The molecule has 1 unspecified atom stereocenters. The van der Waals surface area contributed by atoms with Gasteiger partial charge in [-0.05, 0) is 75.6 Å². The summed E-state index contributed by atoms with van der Waals surface area (Å²) < 4.78 is 13.4. The van der Waals surface area contributed by atoms with E-state index in [2.05, 4.69) is 16.3 Å². The zero-order valence-corrected chi connectivity index (χ0v) is 15.0. The summed E-state index contributed by atoms with van der Waals surface area (Å²) in [6.45, 7) is 2.16. The average molecular weight is 344 g/mol. The van der Waals surface area contributed by atoms with Crippen LogP contribution < -0.4 is 5.32 Å². The third-order valence-electron chi connectivity index (χ3n) is 5.36. The fourth-order valence-corrected chi connectivity index (χ4v) is 4.01. The van der Waals surface area contributed by atoms with Crippen LogP contribution in [0, 0.1) is 5.82 Å². The number of likely N-dealkylation sites (tertiary alicyclic amines) is 1. The minimum atomic E-state index is -0.184. The van der Waals surface area contributed by atoms with Crippen LogP contribution in [0.1, 0.15) is 50.5 Å². The van der Waals surface area contributed by atoms with Gasteiger partial charge in [0.1, 0.15) is 5.82 Å². The van der Waals surface area contributed by atoms with E-state index in [-0.39, 0.29) is 11.7 Å². The second-order valence-corrected chi connectivity index (χ2v) is 7.31. The van der Waals surface area contributed by atoms with Gasteiger partial charge in [0.25, 0.3) is 0 Å². The van der Waals surface area contributed by atoms with Crippen LogP contribution in [0.4, 0.5) is 4.39 Å². The molecule has 1 aliphatic heterocycles. The van der Waals surface area contributed by atoms with Crippen molar-refractivity contribution in [3.63, 3.8) is 0 Å².